The molecule has 0 aromatic carbocycles. The van der Waals surface area contributed by atoms with E-state index in [0.717, 1.165) is 30.6 Å². The Morgan fingerprint density at radius 2 is 2.17 bits per heavy atom. The number of nitrogens with one attached hydrogen (secondary N) is 1. The molecule has 7 nitrogen and oxygen atoms in total. The lowest BCUT2D eigenvalue weighted by Gasteiger charge is -2.31. The Balaban J connectivity index is 1.67. The number of carbonyl (C=O) groups excluding carboxylic acids is 1. The summed E-state index contributed by atoms with van der Waals surface area (Å²) < 4.78 is 1.59. The highest BCUT2D eigenvalue weighted by Gasteiger charge is 2.29. The monoisotopic (exact) mass is 348 g/mol. The molecule has 2 N–H and O–H groups in total. The maximum absolute atomic E-state index is 12.3. The first-order valence-electron chi connectivity index (χ1n) is 8.03. The van der Waals surface area contributed by atoms with Crippen LogP contribution in [0, 0.1) is 6.92 Å². The Bertz CT molecular complexity index is 739. The number of nitrogens with zero attached hydrogens (tertiary/aromatic N) is 3. The zero-order chi connectivity index (χ0) is 17.1. The number of carboxylic acids is 1. The SMILES string of the molecule is Cc1ccc(CC(=O)N[C@@H]2CCCC[C@@H]2n2cc(C(=O)O)nn2)s1. The van der Waals surface area contributed by atoms with Crippen molar-refractivity contribution in [1.29, 1.82) is 0 Å². The molecule has 0 spiro atoms. The first-order chi connectivity index (χ1) is 11.5. The van der Waals surface area contributed by atoms with Gasteiger partial charge in [-0.3, -0.25) is 4.79 Å². The molecular formula is C16H20N4O3S. The Morgan fingerprint density at radius 3 is 2.83 bits per heavy atom. The van der Waals surface area contributed by atoms with E-state index in [9.17, 15) is 9.59 Å². The summed E-state index contributed by atoms with van der Waals surface area (Å²) in [6.07, 6.45) is 5.61. The third-order valence-corrected chi connectivity index (χ3v) is 5.28. The van der Waals surface area contributed by atoms with Crippen LogP contribution >= 0.6 is 11.3 Å². The molecule has 1 fully saturated rings. The third kappa shape index (κ3) is 3.81. The number of aromatic carboxylic acids is 1. The molecule has 8 heteroatoms. The van der Waals surface area contributed by atoms with Crippen molar-refractivity contribution >= 4 is 23.2 Å². The molecule has 2 aromatic rings. The summed E-state index contributed by atoms with van der Waals surface area (Å²) in [5.41, 5.74) is -0.0697. The summed E-state index contributed by atoms with van der Waals surface area (Å²) in [5, 5.41) is 19.7. The van der Waals surface area contributed by atoms with Crippen LogP contribution in [-0.4, -0.2) is 38.0 Å². The van der Waals surface area contributed by atoms with Crippen molar-refractivity contribution in [3.63, 3.8) is 0 Å². The minimum atomic E-state index is -1.09. The van der Waals surface area contributed by atoms with Crippen molar-refractivity contribution in [2.75, 3.05) is 0 Å². The van der Waals surface area contributed by atoms with Crippen LogP contribution in [-0.2, 0) is 11.2 Å². The zero-order valence-electron chi connectivity index (χ0n) is 13.4. The molecule has 0 radical (unpaired) electrons. The van der Waals surface area contributed by atoms with Crippen LogP contribution < -0.4 is 5.32 Å². The van der Waals surface area contributed by atoms with Crippen LogP contribution in [0.5, 0.6) is 0 Å². The van der Waals surface area contributed by atoms with Crippen LogP contribution in [0.15, 0.2) is 18.3 Å². The zero-order valence-corrected chi connectivity index (χ0v) is 14.3. The van der Waals surface area contributed by atoms with Gasteiger partial charge in [0.2, 0.25) is 5.91 Å². The quantitative estimate of drug-likeness (QED) is 0.863. The van der Waals surface area contributed by atoms with Crippen molar-refractivity contribution in [2.45, 2.75) is 51.1 Å². The van der Waals surface area contributed by atoms with E-state index in [4.69, 9.17) is 5.11 Å². The highest BCUT2D eigenvalue weighted by atomic mass is 32.1. The normalized spacial score (nSPS) is 20.7. The van der Waals surface area contributed by atoms with Gasteiger partial charge in [-0.25, -0.2) is 9.48 Å². The van der Waals surface area contributed by atoms with Crippen LogP contribution in [0.3, 0.4) is 0 Å². The molecule has 0 saturated heterocycles. The van der Waals surface area contributed by atoms with Gasteiger partial charge in [-0.15, -0.1) is 16.4 Å². The summed E-state index contributed by atoms with van der Waals surface area (Å²) in [5.74, 6) is -1.10. The molecule has 3 rings (SSSR count). The van der Waals surface area contributed by atoms with Gasteiger partial charge in [0.1, 0.15) is 0 Å². The smallest absolute Gasteiger partial charge is 0.358 e. The molecule has 0 unspecified atom stereocenters. The number of aromatic nitrogens is 3. The van der Waals surface area contributed by atoms with Crippen LogP contribution in [0.4, 0.5) is 0 Å². The lowest BCUT2D eigenvalue weighted by molar-refractivity contribution is -0.121. The minimum absolute atomic E-state index is 0.00711. The molecule has 0 bridgehead atoms. The second-order valence-electron chi connectivity index (χ2n) is 6.10. The molecule has 2 atom stereocenters. The van der Waals surface area contributed by atoms with Gasteiger partial charge in [0.05, 0.1) is 24.7 Å². The lowest BCUT2D eigenvalue weighted by atomic mass is 9.90. The number of carbonyl (C=O) groups is 2. The number of rotatable bonds is 5. The average molecular weight is 348 g/mol. The highest BCUT2D eigenvalue weighted by molar-refractivity contribution is 7.12. The summed E-state index contributed by atoms with van der Waals surface area (Å²) >= 11 is 1.63. The van der Waals surface area contributed by atoms with Gasteiger partial charge in [-0.05, 0) is 31.9 Å². The Labute approximate surface area is 143 Å². The molecule has 1 amide bonds. The molecular weight excluding hydrogens is 328 g/mol. The van der Waals surface area contributed by atoms with E-state index < -0.39 is 5.97 Å². The van der Waals surface area contributed by atoms with Crippen molar-refractivity contribution in [1.82, 2.24) is 20.3 Å². The first kappa shape index (κ1) is 16.6. The van der Waals surface area contributed by atoms with E-state index in [2.05, 4.69) is 15.6 Å². The van der Waals surface area contributed by atoms with E-state index in [0.29, 0.717) is 6.42 Å². The van der Waals surface area contributed by atoms with Gasteiger partial charge in [-0.2, -0.15) is 0 Å². The topological polar surface area (TPSA) is 97.1 Å². The summed E-state index contributed by atoms with van der Waals surface area (Å²) in [7, 11) is 0. The van der Waals surface area contributed by atoms with Gasteiger partial charge in [0.25, 0.3) is 0 Å². The predicted octanol–water partition coefficient (Wildman–Crippen LogP) is 2.19. The minimum Gasteiger partial charge on any atom is -0.476 e. The molecule has 128 valence electrons. The van der Waals surface area contributed by atoms with Gasteiger partial charge >= 0.3 is 5.97 Å². The van der Waals surface area contributed by atoms with Crippen LogP contribution in [0.1, 0.15) is 52.0 Å². The molecule has 1 aliphatic carbocycles. The summed E-state index contributed by atoms with van der Waals surface area (Å²) in [6, 6.07) is 3.90. The average Bonchev–Trinajstić information content (AvgIpc) is 3.17. The molecule has 2 heterocycles. The summed E-state index contributed by atoms with van der Waals surface area (Å²) in [6.45, 7) is 2.02. The van der Waals surface area contributed by atoms with Gasteiger partial charge in [0, 0.05) is 9.75 Å². The van der Waals surface area contributed by atoms with E-state index >= 15 is 0 Å². The number of thiophene rings is 1. The predicted molar refractivity (Wildman–Crippen MR) is 89.2 cm³/mol. The van der Waals surface area contributed by atoms with Crippen LogP contribution in [0.2, 0.25) is 0 Å². The van der Waals surface area contributed by atoms with Crippen molar-refractivity contribution < 1.29 is 14.7 Å². The van der Waals surface area contributed by atoms with Crippen LogP contribution in [0.25, 0.3) is 0 Å². The fourth-order valence-corrected chi connectivity index (χ4v) is 4.02. The molecule has 1 saturated carbocycles. The largest absolute Gasteiger partial charge is 0.476 e. The second-order valence-corrected chi connectivity index (χ2v) is 7.48. The number of amides is 1. The van der Waals surface area contributed by atoms with E-state index in [-0.39, 0.29) is 23.7 Å². The fourth-order valence-electron chi connectivity index (χ4n) is 3.13. The van der Waals surface area contributed by atoms with Gasteiger partial charge in [-0.1, -0.05) is 18.1 Å². The van der Waals surface area contributed by atoms with Gasteiger partial charge in [0.15, 0.2) is 5.69 Å². The van der Waals surface area contributed by atoms with Gasteiger partial charge < -0.3 is 10.4 Å². The fraction of sp³-hybridized carbons (Fsp3) is 0.500. The summed E-state index contributed by atoms with van der Waals surface area (Å²) in [4.78, 5) is 25.6. The first-order valence-corrected chi connectivity index (χ1v) is 8.84. The molecule has 1 aliphatic rings. The Hall–Kier alpha value is -2.22. The van der Waals surface area contributed by atoms with E-state index in [1.165, 1.54) is 11.1 Å². The molecule has 24 heavy (non-hydrogen) atoms. The third-order valence-electron chi connectivity index (χ3n) is 4.28. The molecule has 0 aliphatic heterocycles. The van der Waals surface area contributed by atoms with Crippen molar-refractivity contribution in [2.24, 2.45) is 0 Å². The van der Waals surface area contributed by atoms with E-state index in [1.54, 1.807) is 16.0 Å². The lowest BCUT2D eigenvalue weighted by Crippen LogP contribution is -2.43. The van der Waals surface area contributed by atoms with Crippen molar-refractivity contribution in [3.05, 3.63) is 33.8 Å². The Morgan fingerprint density at radius 1 is 1.38 bits per heavy atom. The maximum atomic E-state index is 12.3. The van der Waals surface area contributed by atoms with E-state index in [1.807, 2.05) is 19.1 Å². The number of hydrogen-bond acceptors (Lipinski definition) is 5. The maximum Gasteiger partial charge on any atom is 0.358 e. The standard InChI is InChI=1S/C16H20N4O3S/c1-10-6-7-11(24-10)8-15(21)17-12-4-2-3-5-14(12)20-9-13(16(22)23)18-19-20/h6-7,9,12,14H,2-5,8H2,1H3,(H,17,21)(H,22,23)/t12-,14+/m1/s1. The number of hydrogen-bond donors (Lipinski definition) is 2. The number of aryl methyl sites for hydroxylation is 1. The Kier molecular flexibility index (Phi) is 4.94. The second kappa shape index (κ2) is 7.12. The van der Waals surface area contributed by atoms with Crippen molar-refractivity contribution in [3.8, 4) is 0 Å². The highest BCUT2D eigenvalue weighted by Crippen LogP contribution is 2.28. The molecule has 2 aromatic heterocycles. The number of carboxylic acid groups (broad SMARTS) is 1.